The fraction of sp³-hybridized carbons (Fsp3) is 0.438. The van der Waals surface area contributed by atoms with Gasteiger partial charge < -0.3 is 14.6 Å². The van der Waals surface area contributed by atoms with Crippen molar-refractivity contribution in [1.29, 1.82) is 0 Å². The van der Waals surface area contributed by atoms with Crippen molar-refractivity contribution in [3.05, 3.63) is 48.3 Å². The molecule has 6 heteroatoms. The maximum absolute atomic E-state index is 12.7. The first-order valence-corrected chi connectivity index (χ1v) is 7.53. The van der Waals surface area contributed by atoms with Crippen molar-refractivity contribution in [2.75, 3.05) is 13.1 Å². The Morgan fingerprint density at radius 2 is 2.14 bits per heavy atom. The molecule has 0 radical (unpaired) electrons. The molecule has 6 nitrogen and oxygen atoms in total. The maximum Gasteiger partial charge on any atom is 0.255 e. The Bertz CT molecular complexity index is 641. The lowest BCUT2D eigenvalue weighted by Crippen LogP contribution is -2.32. The zero-order valence-electron chi connectivity index (χ0n) is 12.6. The monoisotopic (exact) mass is 300 g/mol. The Balaban J connectivity index is 1.75. The SMILES string of the molecule is Cc1ncccc1C(=O)N1CC[C@H](O)[C@@H](n2ccnc2)CC1. The van der Waals surface area contributed by atoms with E-state index >= 15 is 0 Å². The number of imidazole rings is 1. The van der Waals surface area contributed by atoms with Crippen LogP contribution in [0, 0.1) is 6.92 Å². The summed E-state index contributed by atoms with van der Waals surface area (Å²) in [5, 5.41) is 10.3. The summed E-state index contributed by atoms with van der Waals surface area (Å²) in [6.45, 7) is 3.01. The Morgan fingerprint density at radius 3 is 2.86 bits per heavy atom. The molecule has 1 saturated heterocycles. The van der Waals surface area contributed by atoms with Crippen molar-refractivity contribution in [2.24, 2.45) is 0 Å². The Morgan fingerprint density at radius 1 is 1.32 bits per heavy atom. The zero-order chi connectivity index (χ0) is 15.5. The highest BCUT2D eigenvalue weighted by molar-refractivity contribution is 5.95. The Kier molecular flexibility index (Phi) is 4.20. The van der Waals surface area contributed by atoms with E-state index in [0.29, 0.717) is 31.5 Å². The summed E-state index contributed by atoms with van der Waals surface area (Å²) in [5.74, 6) is -0.0101. The summed E-state index contributed by atoms with van der Waals surface area (Å²) in [7, 11) is 0. The van der Waals surface area contributed by atoms with Crippen molar-refractivity contribution in [1.82, 2.24) is 19.4 Å². The maximum atomic E-state index is 12.7. The summed E-state index contributed by atoms with van der Waals surface area (Å²) in [5.41, 5.74) is 1.38. The van der Waals surface area contributed by atoms with E-state index in [1.165, 1.54) is 0 Å². The van der Waals surface area contributed by atoms with E-state index in [-0.39, 0.29) is 11.9 Å². The third-order valence-electron chi connectivity index (χ3n) is 4.27. The fourth-order valence-electron chi connectivity index (χ4n) is 2.97. The number of aryl methyl sites for hydroxylation is 1. The first-order chi connectivity index (χ1) is 10.7. The molecule has 0 spiro atoms. The number of nitrogens with zero attached hydrogens (tertiary/aromatic N) is 4. The van der Waals surface area contributed by atoms with Gasteiger partial charge in [-0.3, -0.25) is 9.78 Å². The molecule has 0 aliphatic carbocycles. The normalized spacial score (nSPS) is 22.4. The minimum atomic E-state index is -0.470. The number of hydrogen-bond donors (Lipinski definition) is 1. The second kappa shape index (κ2) is 6.27. The van der Waals surface area contributed by atoms with Crippen molar-refractivity contribution < 1.29 is 9.90 Å². The van der Waals surface area contributed by atoms with E-state index in [4.69, 9.17) is 0 Å². The molecule has 1 N–H and O–H groups in total. The van der Waals surface area contributed by atoms with Crippen molar-refractivity contribution in [2.45, 2.75) is 31.9 Å². The number of amides is 1. The molecule has 1 aliphatic rings. The molecule has 1 fully saturated rings. The number of aromatic nitrogens is 3. The highest BCUT2D eigenvalue weighted by atomic mass is 16.3. The molecule has 0 saturated carbocycles. The standard InChI is InChI=1S/C16H20N4O2/c1-12-13(3-2-6-18-12)16(22)19-8-4-14(15(21)5-9-19)20-10-7-17-11-20/h2-3,6-7,10-11,14-15,21H,4-5,8-9H2,1H3/t14-,15-/m0/s1. The molecule has 1 aliphatic heterocycles. The van der Waals surface area contributed by atoms with E-state index in [2.05, 4.69) is 9.97 Å². The lowest BCUT2D eigenvalue weighted by atomic mass is 10.1. The highest BCUT2D eigenvalue weighted by Crippen LogP contribution is 2.24. The van der Waals surface area contributed by atoms with E-state index in [0.717, 1.165) is 5.69 Å². The first kappa shape index (κ1) is 14.7. The van der Waals surface area contributed by atoms with Crippen LogP contribution >= 0.6 is 0 Å². The van der Waals surface area contributed by atoms with Crippen LogP contribution in [0.25, 0.3) is 0 Å². The third kappa shape index (κ3) is 2.87. The van der Waals surface area contributed by atoms with Crippen LogP contribution in [-0.4, -0.2) is 49.6 Å². The fourth-order valence-corrected chi connectivity index (χ4v) is 2.97. The first-order valence-electron chi connectivity index (χ1n) is 7.53. The van der Waals surface area contributed by atoms with Gasteiger partial charge in [0.15, 0.2) is 0 Å². The molecule has 2 aromatic rings. The van der Waals surface area contributed by atoms with Crippen LogP contribution in [-0.2, 0) is 0 Å². The summed E-state index contributed by atoms with van der Waals surface area (Å²) in [6, 6.07) is 3.55. The number of aliphatic hydroxyl groups excluding tert-OH is 1. The lowest BCUT2D eigenvalue weighted by Gasteiger charge is -2.21. The zero-order valence-corrected chi connectivity index (χ0v) is 12.6. The van der Waals surface area contributed by atoms with Gasteiger partial charge in [-0.25, -0.2) is 4.98 Å². The lowest BCUT2D eigenvalue weighted by molar-refractivity contribution is 0.0750. The van der Waals surface area contributed by atoms with Crippen molar-refractivity contribution in [3.8, 4) is 0 Å². The highest BCUT2D eigenvalue weighted by Gasteiger charge is 2.28. The van der Waals surface area contributed by atoms with Crippen LogP contribution in [0.15, 0.2) is 37.1 Å². The smallest absolute Gasteiger partial charge is 0.255 e. The average Bonchev–Trinajstić information content (AvgIpc) is 2.97. The molecular weight excluding hydrogens is 280 g/mol. The summed E-state index contributed by atoms with van der Waals surface area (Å²) in [4.78, 5) is 22.7. The van der Waals surface area contributed by atoms with E-state index in [1.54, 1.807) is 30.9 Å². The van der Waals surface area contributed by atoms with Crippen LogP contribution < -0.4 is 0 Å². The van der Waals surface area contributed by atoms with Gasteiger partial charge in [-0.15, -0.1) is 0 Å². The topological polar surface area (TPSA) is 71.2 Å². The second-order valence-electron chi connectivity index (χ2n) is 5.65. The molecule has 2 aromatic heterocycles. The van der Waals surface area contributed by atoms with E-state index in [9.17, 15) is 9.90 Å². The molecule has 0 bridgehead atoms. The van der Waals surface area contributed by atoms with E-state index < -0.39 is 6.10 Å². The summed E-state index contributed by atoms with van der Waals surface area (Å²) in [6.07, 6.45) is 7.78. The van der Waals surface area contributed by atoms with E-state index in [1.807, 2.05) is 22.6 Å². The van der Waals surface area contributed by atoms with Gasteiger partial charge in [-0.1, -0.05) is 0 Å². The van der Waals surface area contributed by atoms with Crippen molar-refractivity contribution >= 4 is 5.91 Å². The van der Waals surface area contributed by atoms with Gasteiger partial charge in [-0.2, -0.15) is 0 Å². The van der Waals surface area contributed by atoms with Gasteiger partial charge in [0, 0.05) is 37.4 Å². The third-order valence-corrected chi connectivity index (χ3v) is 4.27. The second-order valence-corrected chi connectivity index (χ2v) is 5.65. The quantitative estimate of drug-likeness (QED) is 0.910. The molecule has 22 heavy (non-hydrogen) atoms. The Labute approximate surface area is 129 Å². The molecule has 3 rings (SSSR count). The molecular formula is C16H20N4O2. The van der Waals surface area contributed by atoms with Crippen LogP contribution in [0.3, 0.4) is 0 Å². The van der Waals surface area contributed by atoms with Gasteiger partial charge in [-0.05, 0) is 31.9 Å². The largest absolute Gasteiger partial charge is 0.391 e. The van der Waals surface area contributed by atoms with Crippen LogP contribution in [0.1, 0.15) is 34.9 Å². The van der Waals surface area contributed by atoms with Gasteiger partial charge in [0.05, 0.1) is 24.0 Å². The van der Waals surface area contributed by atoms with Gasteiger partial charge >= 0.3 is 0 Å². The Hall–Kier alpha value is -2.21. The van der Waals surface area contributed by atoms with Crippen molar-refractivity contribution in [3.63, 3.8) is 0 Å². The molecule has 116 valence electrons. The number of carbonyl (C=O) groups is 1. The predicted molar refractivity (Wildman–Crippen MR) is 81.4 cm³/mol. The number of likely N-dealkylation sites (tertiary alicyclic amines) is 1. The number of rotatable bonds is 2. The summed E-state index contributed by atoms with van der Waals surface area (Å²) < 4.78 is 1.92. The van der Waals surface area contributed by atoms with Crippen LogP contribution in [0.4, 0.5) is 0 Å². The van der Waals surface area contributed by atoms with Crippen LogP contribution in [0.5, 0.6) is 0 Å². The number of aliphatic hydroxyl groups is 1. The average molecular weight is 300 g/mol. The van der Waals surface area contributed by atoms with Crippen LogP contribution in [0.2, 0.25) is 0 Å². The summed E-state index contributed by atoms with van der Waals surface area (Å²) >= 11 is 0. The molecule has 2 atom stereocenters. The van der Waals surface area contributed by atoms with Gasteiger partial charge in [0.1, 0.15) is 0 Å². The number of hydrogen-bond acceptors (Lipinski definition) is 4. The molecule has 0 unspecified atom stereocenters. The minimum Gasteiger partial charge on any atom is -0.391 e. The molecule has 1 amide bonds. The minimum absolute atomic E-state index is 0.0101. The molecule has 0 aromatic carbocycles. The number of carbonyl (C=O) groups excluding carboxylic acids is 1. The number of pyridine rings is 1. The molecule has 3 heterocycles. The van der Waals surface area contributed by atoms with Gasteiger partial charge in [0.2, 0.25) is 0 Å². The van der Waals surface area contributed by atoms with Gasteiger partial charge in [0.25, 0.3) is 5.91 Å². The predicted octanol–water partition coefficient (Wildman–Crippen LogP) is 1.42.